The van der Waals surface area contributed by atoms with E-state index in [9.17, 15) is 0 Å². The molecule has 0 atom stereocenters. The lowest BCUT2D eigenvalue weighted by molar-refractivity contribution is 0.566. The van der Waals surface area contributed by atoms with Crippen LogP contribution in [0, 0.1) is 5.92 Å². The topological polar surface area (TPSA) is 37.8 Å². The van der Waals surface area contributed by atoms with Crippen molar-refractivity contribution in [3.63, 3.8) is 0 Å². The summed E-state index contributed by atoms with van der Waals surface area (Å²) >= 11 is 5.69. The van der Waals surface area contributed by atoms with Crippen LogP contribution in [0.25, 0.3) is 0 Å². The summed E-state index contributed by atoms with van der Waals surface area (Å²) < 4.78 is 0. The van der Waals surface area contributed by atoms with Gasteiger partial charge in [0.1, 0.15) is 11.0 Å². The first-order valence-electron chi connectivity index (χ1n) is 4.90. The highest BCUT2D eigenvalue weighted by atomic mass is 35.5. The van der Waals surface area contributed by atoms with Gasteiger partial charge in [-0.05, 0) is 18.8 Å². The third kappa shape index (κ3) is 4.42. The monoisotopic (exact) mass is 213 g/mol. The van der Waals surface area contributed by atoms with Crippen molar-refractivity contribution in [2.45, 2.75) is 26.7 Å². The maximum absolute atomic E-state index is 5.69. The molecular formula is C10H16ClN3. The van der Waals surface area contributed by atoms with E-state index in [1.54, 1.807) is 6.20 Å². The van der Waals surface area contributed by atoms with Gasteiger partial charge in [-0.1, -0.05) is 25.4 Å². The highest BCUT2D eigenvalue weighted by molar-refractivity contribution is 6.29. The molecule has 0 aliphatic carbocycles. The molecule has 0 radical (unpaired) electrons. The number of halogens is 1. The molecule has 78 valence electrons. The van der Waals surface area contributed by atoms with Gasteiger partial charge in [-0.25, -0.2) is 4.98 Å². The highest BCUT2D eigenvalue weighted by Gasteiger charge is 1.96. The predicted molar refractivity (Wildman–Crippen MR) is 59.6 cm³/mol. The summed E-state index contributed by atoms with van der Waals surface area (Å²) in [6, 6.07) is 0. The number of nitrogens with zero attached hydrogens (tertiary/aromatic N) is 2. The molecule has 0 aromatic carbocycles. The number of hydrogen-bond donors (Lipinski definition) is 1. The summed E-state index contributed by atoms with van der Waals surface area (Å²) in [6.45, 7) is 5.37. The van der Waals surface area contributed by atoms with Crippen molar-refractivity contribution in [1.82, 2.24) is 9.97 Å². The van der Waals surface area contributed by atoms with E-state index in [-0.39, 0.29) is 0 Å². The van der Waals surface area contributed by atoms with Crippen LogP contribution in [0.15, 0.2) is 12.4 Å². The molecule has 1 N–H and O–H groups in total. The Morgan fingerprint density at radius 3 is 2.86 bits per heavy atom. The molecule has 1 aromatic heterocycles. The third-order valence-corrected chi connectivity index (χ3v) is 2.05. The largest absolute Gasteiger partial charge is 0.369 e. The van der Waals surface area contributed by atoms with Crippen LogP contribution in [0.2, 0.25) is 5.15 Å². The summed E-state index contributed by atoms with van der Waals surface area (Å²) in [5.74, 6) is 1.50. The molecule has 4 heteroatoms. The predicted octanol–water partition coefficient (Wildman–Crippen LogP) is 2.98. The van der Waals surface area contributed by atoms with Crippen molar-refractivity contribution < 1.29 is 0 Å². The van der Waals surface area contributed by atoms with E-state index in [0.29, 0.717) is 5.15 Å². The Labute approximate surface area is 89.9 Å². The molecule has 1 aromatic rings. The molecule has 0 saturated carbocycles. The van der Waals surface area contributed by atoms with Gasteiger partial charge in [0.2, 0.25) is 0 Å². The number of anilines is 1. The van der Waals surface area contributed by atoms with Gasteiger partial charge in [-0.15, -0.1) is 0 Å². The van der Waals surface area contributed by atoms with E-state index in [0.717, 1.165) is 24.7 Å². The number of hydrogen-bond acceptors (Lipinski definition) is 3. The molecule has 1 heterocycles. The van der Waals surface area contributed by atoms with E-state index >= 15 is 0 Å². The van der Waals surface area contributed by atoms with Gasteiger partial charge >= 0.3 is 0 Å². The van der Waals surface area contributed by atoms with Crippen molar-refractivity contribution in [3.8, 4) is 0 Å². The van der Waals surface area contributed by atoms with Gasteiger partial charge in [-0.3, -0.25) is 4.98 Å². The van der Waals surface area contributed by atoms with Crippen LogP contribution in [0.5, 0.6) is 0 Å². The summed E-state index contributed by atoms with van der Waals surface area (Å²) in [4.78, 5) is 8.02. The minimum absolute atomic E-state index is 0.429. The van der Waals surface area contributed by atoms with Gasteiger partial charge in [-0.2, -0.15) is 0 Å². The summed E-state index contributed by atoms with van der Waals surface area (Å²) in [5, 5.41) is 3.61. The lowest BCUT2D eigenvalue weighted by atomic mass is 10.1. The zero-order valence-electron chi connectivity index (χ0n) is 8.63. The van der Waals surface area contributed by atoms with Crippen LogP contribution in [0.1, 0.15) is 26.7 Å². The fourth-order valence-corrected chi connectivity index (χ4v) is 1.30. The Balaban J connectivity index is 2.25. The fraction of sp³-hybridized carbons (Fsp3) is 0.600. The van der Waals surface area contributed by atoms with Gasteiger partial charge < -0.3 is 5.32 Å². The van der Waals surface area contributed by atoms with Crippen molar-refractivity contribution in [1.29, 1.82) is 0 Å². The smallest absolute Gasteiger partial charge is 0.149 e. The van der Waals surface area contributed by atoms with Gasteiger partial charge in [0.05, 0.1) is 12.4 Å². The molecular weight excluding hydrogens is 198 g/mol. The summed E-state index contributed by atoms with van der Waals surface area (Å²) in [7, 11) is 0. The molecule has 14 heavy (non-hydrogen) atoms. The molecule has 0 bridgehead atoms. The zero-order valence-corrected chi connectivity index (χ0v) is 9.38. The molecule has 0 aliphatic rings. The second kappa shape index (κ2) is 5.81. The van der Waals surface area contributed by atoms with E-state index in [1.165, 1.54) is 12.6 Å². The molecule has 0 spiro atoms. The van der Waals surface area contributed by atoms with E-state index in [1.807, 2.05) is 0 Å². The molecule has 1 rings (SSSR count). The Morgan fingerprint density at radius 1 is 1.43 bits per heavy atom. The first kappa shape index (κ1) is 11.2. The number of nitrogens with one attached hydrogen (secondary N) is 1. The minimum atomic E-state index is 0.429. The molecule has 0 fully saturated rings. The first-order valence-corrected chi connectivity index (χ1v) is 5.27. The molecule has 0 amide bonds. The van der Waals surface area contributed by atoms with Crippen molar-refractivity contribution in [2.75, 3.05) is 11.9 Å². The van der Waals surface area contributed by atoms with Crippen LogP contribution >= 0.6 is 11.6 Å². The van der Waals surface area contributed by atoms with E-state index in [2.05, 4.69) is 29.1 Å². The quantitative estimate of drug-likeness (QED) is 0.765. The Bertz CT molecular complexity index is 276. The van der Waals surface area contributed by atoms with Crippen LogP contribution in [0.3, 0.4) is 0 Å². The van der Waals surface area contributed by atoms with Crippen molar-refractivity contribution >= 4 is 17.4 Å². The SMILES string of the molecule is CC(C)CCCNc1cncc(Cl)n1. The van der Waals surface area contributed by atoms with Crippen molar-refractivity contribution in [2.24, 2.45) is 5.92 Å². The molecule has 0 aliphatic heterocycles. The third-order valence-electron chi connectivity index (χ3n) is 1.87. The lowest BCUT2D eigenvalue weighted by Gasteiger charge is -2.06. The minimum Gasteiger partial charge on any atom is -0.369 e. The van der Waals surface area contributed by atoms with Gasteiger partial charge in [0, 0.05) is 6.54 Å². The average Bonchev–Trinajstić information content (AvgIpc) is 2.12. The standard InChI is InChI=1S/C10H16ClN3/c1-8(2)4-3-5-13-10-7-12-6-9(11)14-10/h6-8H,3-5H2,1-2H3,(H,13,14). The van der Waals surface area contributed by atoms with Crippen molar-refractivity contribution in [3.05, 3.63) is 17.5 Å². The highest BCUT2D eigenvalue weighted by Crippen LogP contribution is 2.08. The maximum atomic E-state index is 5.69. The molecule has 0 unspecified atom stereocenters. The molecule has 3 nitrogen and oxygen atoms in total. The average molecular weight is 214 g/mol. The molecule has 0 saturated heterocycles. The van der Waals surface area contributed by atoms with Crippen LogP contribution < -0.4 is 5.32 Å². The first-order chi connectivity index (χ1) is 6.68. The van der Waals surface area contributed by atoms with Crippen LogP contribution in [0.4, 0.5) is 5.82 Å². The van der Waals surface area contributed by atoms with Gasteiger partial charge in [0.25, 0.3) is 0 Å². The Hall–Kier alpha value is -0.830. The summed E-state index contributed by atoms with van der Waals surface area (Å²) in [5.41, 5.74) is 0. The number of rotatable bonds is 5. The van der Waals surface area contributed by atoms with Crippen LogP contribution in [-0.4, -0.2) is 16.5 Å². The lowest BCUT2D eigenvalue weighted by Crippen LogP contribution is -2.04. The zero-order chi connectivity index (χ0) is 10.4. The van der Waals surface area contributed by atoms with Gasteiger partial charge in [0.15, 0.2) is 0 Å². The second-order valence-electron chi connectivity index (χ2n) is 3.69. The second-order valence-corrected chi connectivity index (χ2v) is 4.08. The Morgan fingerprint density at radius 2 is 2.21 bits per heavy atom. The Kier molecular flexibility index (Phi) is 4.66. The normalized spacial score (nSPS) is 10.6. The fourth-order valence-electron chi connectivity index (χ4n) is 1.15. The number of aromatic nitrogens is 2. The van der Waals surface area contributed by atoms with E-state index in [4.69, 9.17) is 11.6 Å². The van der Waals surface area contributed by atoms with Crippen LogP contribution in [-0.2, 0) is 0 Å². The van der Waals surface area contributed by atoms with E-state index < -0.39 is 0 Å². The summed E-state index contributed by atoms with van der Waals surface area (Å²) in [6.07, 6.45) is 5.58. The maximum Gasteiger partial charge on any atom is 0.149 e.